The Morgan fingerprint density at radius 3 is 2.59 bits per heavy atom. The number of methoxy groups -OCH3 is 1. The van der Waals surface area contributed by atoms with Crippen molar-refractivity contribution in [2.45, 2.75) is 19.0 Å². The fourth-order valence-corrected chi connectivity index (χ4v) is 3.92. The monoisotopic (exact) mass is 392 g/mol. The SMILES string of the molecule is CNC(=O)c1nn(CN2CCC(c3ccc(OC)cc3)C2)c(=O)c2ccccc12. The van der Waals surface area contributed by atoms with E-state index in [0.717, 1.165) is 25.3 Å². The number of benzene rings is 2. The van der Waals surface area contributed by atoms with Crippen molar-refractivity contribution in [1.29, 1.82) is 0 Å². The Bertz CT molecular complexity index is 1090. The van der Waals surface area contributed by atoms with Crippen LogP contribution in [0.1, 0.15) is 28.4 Å². The number of nitrogens with one attached hydrogen (secondary N) is 1. The molecule has 7 heteroatoms. The Kier molecular flexibility index (Phi) is 5.31. The van der Waals surface area contributed by atoms with Crippen LogP contribution in [0.2, 0.25) is 0 Å². The lowest BCUT2D eigenvalue weighted by atomic mass is 9.98. The lowest BCUT2D eigenvalue weighted by molar-refractivity contribution is 0.0956. The van der Waals surface area contributed by atoms with Gasteiger partial charge in [-0.15, -0.1) is 0 Å². The van der Waals surface area contributed by atoms with Gasteiger partial charge in [0.2, 0.25) is 0 Å². The Labute approximate surface area is 168 Å². The number of carbonyl (C=O) groups excluding carboxylic acids is 1. The highest BCUT2D eigenvalue weighted by atomic mass is 16.5. The van der Waals surface area contributed by atoms with E-state index in [-0.39, 0.29) is 17.2 Å². The summed E-state index contributed by atoms with van der Waals surface area (Å²) in [6, 6.07) is 15.2. The van der Waals surface area contributed by atoms with Gasteiger partial charge >= 0.3 is 0 Å². The summed E-state index contributed by atoms with van der Waals surface area (Å²) in [5.41, 5.74) is 1.35. The van der Waals surface area contributed by atoms with Gasteiger partial charge in [-0.25, -0.2) is 4.68 Å². The molecule has 1 aliphatic heterocycles. The van der Waals surface area contributed by atoms with Crippen molar-refractivity contribution in [3.63, 3.8) is 0 Å². The van der Waals surface area contributed by atoms with E-state index in [1.54, 1.807) is 38.4 Å². The Morgan fingerprint density at radius 1 is 1.17 bits per heavy atom. The molecule has 0 spiro atoms. The molecule has 1 N–H and O–H groups in total. The molecule has 1 unspecified atom stereocenters. The van der Waals surface area contributed by atoms with Crippen LogP contribution in [-0.2, 0) is 6.67 Å². The summed E-state index contributed by atoms with van der Waals surface area (Å²) in [5, 5.41) is 8.08. The molecule has 29 heavy (non-hydrogen) atoms. The summed E-state index contributed by atoms with van der Waals surface area (Å²) in [4.78, 5) is 27.4. The molecule has 0 radical (unpaired) electrons. The van der Waals surface area contributed by atoms with E-state index < -0.39 is 0 Å². The van der Waals surface area contributed by atoms with E-state index in [2.05, 4.69) is 27.4 Å². The standard InChI is InChI=1S/C22H24N4O3/c1-23-21(27)20-18-5-3-4-6-19(18)22(28)26(24-20)14-25-12-11-16(13-25)15-7-9-17(29-2)10-8-15/h3-10,16H,11-14H2,1-2H3,(H,23,27). The van der Waals surface area contributed by atoms with Gasteiger partial charge < -0.3 is 10.1 Å². The summed E-state index contributed by atoms with van der Waals surface area (Å²) >= 11 is 0. The zero-order chi connectivity index (χ0) is 20.4. The maximum atomic E-state index is 12.9. The van der Waals surface area contributed by atoms with Crippen molar-refractivity contribution in [2.24, 2.45) is 0 Å². The lowest BCUT2D eigenvalue weighted by Gasteiger charge is -2.18. The fourth-order valence-electron chi connectivity index (χ4n) is 3.92. The molecule has 1 amide bonds. The van der Waals surface area contributed by atoms with Gasteiger partial charge in [-0.1, -0.05) is 30.3 Å². The number of aromatic nitrogens is 2. The number of hydrogen-bond acceptors (Lipinski definition) is 5. The average Bonchev–Trinajstić information content (AvgIpc) is 3.24. The molecule has 1 aliphatic rings. The maximum absolute atomic E-state index is 12.9. The van der Waals surface area contributed by atoms with Gasteiger partial charge in [-0.2, -0.15) is 5.10 Å². The Morgan fingerprint density at radius 2 is 1.90 bits per heavy atom. The molecule has 3 aromatic rings. The lowest BCUT2D eigenvalue weighted by Crippen LogP contribution is -2.35. The number of likely N-dealkylation sites (tertiary alicyclic amines) is 1. The number of rotatable bonds is 5. The third kappa shape index (κ3) is 3.73. The van der Waals surface area contributed by atoms with Gasteiger partial charge in [0.25, 0.3) is 11.5 Å². The van der Waals surface area contributed by atoms with Gasteiger partial charge in [0, 0.05) is 25.5 Å². The molecular formula is C22H24N4O3. The van der Waals surface area contributed by atoms with E-state index in [9.17, 15) is 9.59 Å². The van der Waals surface area contributed by atoms with Crippen LogP contribution in [-0.4, -0.2) is 47.8 Å². The molecule has 7 nitrogen and oxygen atoms in total. The molecule has 0 saturated carbocycles. The molecule has 1 aromatic heterocycles. The molecule has 2 aromatic carbocycles. The summed E-state index contributed by atoms with van der Waals surface area (Å²) in [5.74, 6) is 0.945. The van der Waals surface area contributed by atoms with Crippen molar-refractivity contribution >= 4 is 16.7 Å². The van der Waals surface area contributed by atoms with Crippen LogP contribution in [0.3, 0.4) is 0 Å². The van der Waals surface area contributed by atoms with Crippen LogP contribution in [0.4, 0.5) is 0 Å². The summed E-state index contributed by atoms with van der Waals surface area (Å²) in [6.07, 6.45) is 1.01. The minimum Gasteiger partial charge on any atom is -0.497 e. The highest BCUT2D eigenvalue weighted by Gasteiger charge is 2.25. The highest BCUT2D eigenvalue weighted by molar-refractivity contribution is 6.04. The summed E-state index contributed by atoms with van der Waals surface area (Å²) in [6.45, 7) is 2.07. The van der Waals surface area contributed by atoms with Gasteiger partial charge in [-0.3, -0.25) is 14.5 Å². The van der Waals surface area contributed by atoms with Crippen LogP contribution >= 0.6 is 0 Å². The smallest absolute Gasteiger partial charge is 0.275 e. The normalized spacial score (nSPS) is 16.8. The predicted octanol–water partition coefficient (Wildman–Crippen LogP) is 2.21. The van der Waals surface area contributed by atoms with Crippen molar-refractivity contribution in [3.8, 4) is 5.75 Å². The van der Waals surface area contributed by atoms with Crippen LogP contribution in [0.25, 0.3) is 10.8 Å². The van der Waals surface area contributed by atoms with Crippen LogP contribution in [0.15, 0.2) is 53.3 Å². The van der Waals surface area contributed by atoms with Gasteiger partial charge in [0.15, 0.2) is 5.69 Å². The second-order valence-corrected chi connectivity index (χ2v) is 7.26. The first-order chi connectivity index (χ1) is 14.1. The average molecular weight is 392 g/mol. The van der Waals surface area contributed by atoms with E-state index in [1.165, 1.54) is 10.2 Å². The fraction of sp³-hybridized carbons (Fsp3) is 0.318. The van der Waals surface area contributed by atoms with Gasteiger partial charge in [0.05, 0.1) is 19.2 Å². The number of amides is 1. The number of nitrogens with zero attached hydrogens (tertiary/aromatic N) is 3. The zero-order valence-electron chi connectivity index (χ0n) is 16.6. The molecule has 4 rings (SSSR count). The first kappa shape index (κ1) is 19.1. The summed E-state index contributed by atoms with van der Waals surface area (Å²) < 4.78 is 6.64. The zero-order valence-corrected chi connectivity index (χ0v) is 16.6. The van der Waals surface area contributed by atoms with Gasteiger partial charge in [-0.05, 0) is 36.1 Å². The molecule has 0 aliphatic carbocycles. The first-order valence-corrected chi connectivity index (χ1v) is 9.69. The van der Waals surface area contributed by atoms with Crippen molar-refractivity contribution in [3.05, 3.63) is 70.1 Å². The van der Waals surface area contributed by atoms with E-state index >= 15 is 0 Å². The molecule has 2 heterocycles. The van der Waals surface area contributed by atoms with Crippen LogP contribution < -0.4 is 15.6 Å². The van der Waals surface area contributed by atoms with E-state index in [4.69, 9.17) is 4.74 Å². The molecule has 1 fully saturated rings. The van der Waals surface area contributed by atoms with E-state index in [0.29, 0.717) is 23.4 Å². The molecule has 0 bridgehead atoms. The Hall–Kier alpha value is -3.19. The first-order valence-electron chi connectivity index (χ1n) is 9.69. The molecule has 1 saturated heterocycles. The minimum absolute atomic E-state index is 0.179. The number of carbonyl (C=O) groups is 1. The number of hydrogen-bond donors (Lipinski definition) is 1. The van der Waals surface area contributed by atoms with Crippen molar-refractivity contribution in [2.75, 3.05) is 27.2 Å². The predicted molar refractivity (Wildman–Crippen MR) is 111 cm³/mol. The number of ether oxygens (including phenoxy) is 1. The third-order valence-electron chi connectivity index (χ3n) is 5.50. The van der Waals surface area contributed by atoms with Crippen LogP contribution in [0, 0.1) is 0 Å². The molecular weight excluding hydrogens is 368 g/mol. The van der Waals surface area contributed by atoms with Crippen LogP contribution in [0.5, 0.6) is 5.75 Å². The minimum atomic E-state index is -0.299. The Balaban J connectivity index is 1.59. The largest absolute Gasteiger partial charge is 0.497 e. The van der Waals surface area contributed by atoms with Gasteiger partial charge in [0.1, 0.15) is 5.75 Å². The molecule has 1 atom stereocenters. The third-order valence-corrected chi connectivity index (χ3v) is 5.50. The molecule has 150 valence electrons. The second kappa shape index (κ2) is 8.05. The second-order valence-electron chi connectivity index (χ2n) is 7.26. The quantitative estimate of drug-likeness (QED) is 0.721. The van der Waals surface area contributed by atoms with Crippen molar-refractivity contribution < 1.29 is 9.53 Å². The van der Waals surface area contributed by atoms with E-state index in [1.807, 2.05) is 12.1 Å². The topological polar surface area (TPSA) is 76.5 Å². The maximum Gasteiger partial charge on any atom is 0.275 e. The van der Waals surface area contributed by atoms with Crippen molar-refractivity contribution in [1.82, 2.24) is 20.0 Å². The number of fused-ring (bicyclic) bond motifs is 1. The summed E-state index contributed by atoms with van der Waals surface area (Å²) in [7, 11) is 3.22. The highest BCUT2D eigenvalue weighted by Crippen LogP contribution is 2.28.